The van der Waals surface area contributed by atoms with Gasteiger partial charge in [0.15, 0.2) is 17.5 Å². The smallest absolute Gasteiger partial charge is 0.191 e. The fourth-order valence-electron chi connectivity index (χ4n) is 3.58. The van der Waals surface area contributed by atoms with Crippen molar-refractivity contribution in [1.82, 2.24) is 10.6 Å². The van der Waals surface area contributed by atoms with Crippen LogP contribution in [0.2, 0.25) is 0 Å². The molecule has 0 radical (unpaired) electrons. The Morgan fingerprint density at radius 2 is 1.62 bits per heavy atom. The van der Waals surface area contributed by atoms with Gasteiger partial charge in [0.2, 0.25) is 0 Å². The van der Waals surface area contributed by atoms with E-state index in [0.717, 1.165) is 56.5 Å². The molecule has 174 valence electrons. The molecular formula is C25H35N3O4. The molecule has 7 nitrogen and oxygen atoms in total. The zero-order valence-corrected chi connectivity index (χ0v) is 19.4. The Hall–Kier alpha value is -2.77. The highest BCUT2D eigenvalue weighted by Crippen LogP contribution is 2.27. The second kappa shape index (κ2) is 12.9. The number of nitrogens with zero attached hydrogens (tertiary/aromatic N) is 1. The van der Waals surface area contributed by atoms with Gasteiger partial charge >= 0.3 is 0 Å². The van der Waals surface area contributed by atoms with Crippen LogP contribution in [-0.2, 0) is 29.0 Å². The van der Waals surface area contributed by atoms with E-state index in [1.807, 2.05) is 18.2 Å². The molecule has 0 spiro atoms. The van der Waals surface area contributed by atoms with Crippen LogP contribution in [0, 0.1) is 0 Å². The number of aliphatic imine (C=N–C) groups is 1. The molecule has 0 aliphatic carbocycles. The molecule has 0 amide bonds. The van der Waals surface area contributed by atoms with Crippen LogP contribution in [0.25, 0.3) is 0 Å². The molecule has 2 N–H and O–H groups in total. The van der Waals surface area contributed by atoms with Crippen LogP contribution in [0.1, 0.15) is 29.5 Å². The molecule has 0 aromatic heterocycles. The standard InChI is InChI=1S/C25H35N3O4/c1-26-25(27-13-10-19-8-9-23(29-2)24(16-19)30-3)28-17-20-4-6-21(7-5-20)18-32-22-11-14-31-15-12-22/h4-9,16,22H,10-15,17-18H2,1-3H3,(H2,26,27,28). The Balaban J connectivity index is 1.39. The Kier molecular flexibility index (Phi) is 9.65. The van der Waals surface area contributed by atoms with Crippen molar-refractivity contribution >= 4 is 5.96 Å². The van der Waals surface area contributed by atoms with E-state index in [9.17, 15) is 0 Å². The van der Waals surface area contributed by atoms with Crippen LogP contribution in [0.5, 0.6) is 11.5 Å². The van der Waals surface area contributed by atoms with Crippen molar-refractivity contribution in [3.8, 4) is 11.5 Å². The van der Waals surface area contributed by atoms with Crippen LogP contribution < -0.4 is 20.1 Å². The minimum atomic E-state index is 0.318. The van der Waals surface area contributed by atoms with Gasteiger partial charge in [0.1, 0.15) is 0 Å². The highest BCUT2D eigenvalue weighted by atomic mass is 16.5. The Morgan fingerprint density at radius 3 is 2.31 bits per heavy atom. The molecule has 0 unspecified atom stereocenters. The summed E-state index contributed by atoms with van der Waals surface area (Å²) >= 11 is 0. The lowest BCUT2D eigenvalue weighted by Gasteiger charge is -2.22. The van der Waals surface area contributed by atoms with Gasteiger partial charge in [0.05, 0.1) is 26.9 Å². The van der Waals surface area contributed by atoms with Gasteiger partial charge in [-0.25, -0.2) is 0 Å². The van der Waals surface area contributed by atoms with Gasteiger partial charge in [0, 0.05) is 33.4 Å². The van der Waals surface area contributed by atoms with Gasteiger partial charge in [-0.3, -0.25) is 4.99 Å². The van der Waals surface area contributed by atoms with E-state index in [4.69, 9.17) is 18.9 Å². The number of benzene rings is 2. The molecule has 1 aliphatic heterocycles. The first-order valence-electron chi connectivity index (χ1n) is 11.1. The van der Waals surface area contributed by atoms with Crippen molar-refractivity contribution in [3.63, 3.8) is 0 Å². The predicted octanol–water partition coefficient (Wildman–Crippen LogP) is 3.31. The van der Waals surface area contributed by atoms with E-state index >= 15 is 0 Å². The average Bonchev–Trinajstić information content (AvgIpc) is 2.86. The average molecular weight is 442 g/mol. The third-order valence-electron chi connectivity index (χ3n) is 5.51. The summed E-state index contributed by atoms with van der Waals surface area (Å²) in [5.74, 6) is 2.26. The lowest BCUT2D eigenvalue weighted by Crippen LogP contribution is -2.37. The van der Waals surface area contributed by atoms with Crippen LogP contribution in [0.3, 0.4) is 0 Å². The molecule has 32 heavy (non-hydrogen) atoms. The van der Waals surface area contributed by atoms with E-state index in [1.165, 1.54) is 16.7 Å². The summed E-state index contributed by atoms with van der Waals surface area (Å²) in [6.07, 6.45) is 3.14. The van der Waals surface area contributed by atoms with Crippen LogP contribution >= 0.6 is 0 Å². The molecule has 2 aromatic carbocycles. The quantitative estimate of drug-likeness (QED) is 0.435. The molecule has 3 rings (SSSR count). The second-order valence-electron chi connectivity index (χ2n) is 7.73. The number of methoxy groups -OCH3 is 2. The van der Waals surface area contributed by atoms with Crippen molar-refractivity contribution < 1.29 is 18.9 Å². The van der Waals surface area contributed by atoms with Gasteiger partial charge in [-0.2, -0.15) is 0 Å². The van der Waals surface area contributed by atoms with Gasteiger partial charge < -0.3 is 29.6 Å². The maximum absolute atomic E-state index is 5.99. The van der Waals surface area contributed by atoms with E-state index in [0.29, 0.717) is 19.3 Å². The zero-order valence-electron chi connectivity index (χ0n) is 19.4. The summed E-state index contributed by atoms with van der Waals surface area (Å²) in [7, 11) is 5.07. The summed E-state index contributed by atoms with van der Waals surface area (Å²) in [5, 5.41) is 6.72. The largest absolute Gasteiger partial charge is 0.493 e. The SMILES string of the molecule is CN=C(NCCc1ccc(OC)c(OC)c1)NCc1ccc(COC2CCOCC2)cc1. The first-order valence-corrected chi connectivity index (χ1v) is 11.1. The van der Waals surface area contributed by atoms with Crippen molar-refractivity contribution in [3.05, 3.63) is 59.2 Å². The molecule has 1 fully saturated rings. The lowest BCUT2D eigenvalue weighted by molar-refractivity contribution is -0.0390. The minimum absolute atomic E-state index is 0.318. The van der Waals surface area contributed by atoms with Crippen molar-refractivity contribution in [2.75, 3.05) is 41.0 Å². The zero-order chi connectivity index (χ0) is 22.6. The van der Waals surface area contributed by atoms with Crippen LogP contribution in [-0.4, -0.2) is 53.1 Å². The first-order chi connectivity index (χ1) is 15.7. The topological polar surface area (TPSA) is 73.3 Å². The monoisotopic (exact) mass is 441 g/mol. The van der Waals surface area contributed by atoms with Crippen LogP contribution in [0.4, 0.5) is 0 Å². The fourth-order valence-corrected chi connectivity index (χ4v) is 3.58. The van der Waals surface area contributed by atoms with E-state index in [-0.39, 0.29) is 0 Å². The number of hydrogen-bond donors (Lipinski definition) is 2. The lowest BCUT2D eigenvalue weighted by atomic mass is 10.1. The number of guanidine groups is 1. The van der Waals surface area contributed by atoms with Gasteiger partial charge in [-0.15, -0.1) is 0 Å². The molecule has 1 aliphatic rings. The van der Waals surface area contributed by atoms with E-state index in [2.05, 4.69) is 39.9 Å². The van der Waals surface area contributed by atoms with Crippen LogP contribution in [0.15, 0.2) is 47.5 Å². The number of hydrogen-bond acceptors (Lipinski definition) is 5. The highest BCUT2D eigenvalue weighted by Gasteiger charge is 2.14. The Bertz CT molecular complexity index is 849. The molecule has 0 saturated carbocycles. The van der Waals surface area contributed by atoms with Gasteiger partial charge in [-0.05, 0) is 48.1 Å². The third-order valence-corrected chi connectivity index (χ3v) is 5.51. The van der Waals surface area contributed by atoms with Crippen molar-refractivity contribution in [1.29, 1.82) is 0 Å². The van der Waals surface area contributed by atoms with E-state index < -0.39 is 0 Å². The highest BCUT2D eigenvalue weighted by molar-refractivity contribution is 5.79. The van der Waals surface area contributed by atoms with Crippen molar-refractivity contribution in [2.45, 2.75) is 38.5 Å². The Labute approximate surface area is 191 Å². The van der Waals surface area contributed by atoms with Gasteiger partial charge in [0.25, 0.3) is 0 Å². The summed E-state index contributed by atoms with van der Waals surface area (Å²) in [4.78, 5) is 4.31. The fraction of sp³-hybridized carbons (Fsp3) is 0.480. The third kappa shape index (κ3) is 7.43. The summed E-state index contributed by atoms with van der Waals surface area (Å²) in [5.41, 5.74) is 3.56. The van der Waals surface area contributed by atoms with Gasteiger partial charge in [-0.1, -0.05) is 30.3 Å². The predicted molar refractivity (Wildman–Crippen MR) is 127 cm³/mol. The number of ether oxygens (including phenoxy) is 4. The summed E-state index contributed by atoms with van der Waals surface area (Å²) in [6, 6.07) is 14.5. The summed E-state index contributed by atoms with van der Waals surface area (Å²) in [6.45, 7) is 3.73. The minimum Gasteiger partial charge on any atom is -0.493 e. The number of nitrogens with one attached hydrogen (secondary N) is 2. The van der Waals surface area contributed by atoms with Crippen molar-refractivity contribution in [2.24, 2.45) is 4.99 Å². The van der Waals surface area contributed by atoms with E-state index in [1.54, 1.807) is 21.3 Å². The second-order valence-corrected chi connectivity index (χ2v) is 7.73. The maximum atomic E-state index is 5.99. The molecular weight excluding hydrogens is 406 g/mol. The molecule has 0 atom stereocenters. The molecule has 0 bridgehead atoms. The maximum Gasteiger partial charge on any atom is 0.191 e. The molecule has 7 heteroatoms. The molecule has 2 aromatic rings. The molecule has 1 saturated heterocycles. The molecule has 1 heterocycles. The Morgan fingerprint density at radius 1 is 0.938 bits per heavy atom. The normalized spacial score (nSPS) is 14.8. The first kappa shape index (κ1) is 23.9. The number of rotatable bonds is 10. The summed E-state index contributed by atoms with van der Waals surface area (Å²) < 4.78 is 22.0.